The molecule has 2 N–H and O–H groups in total. The summed E-state index contributed by atoms with van der Waals surface area (Å²) in [5, 5.41) is 6.53. The molecule has 0 radical (unpaired) electrons. The van der Waals surface area contributed by atoms with Gasteiger partial charge in [-0.2, -0.15) is 0 Å². The molecular formula is C30H44N2O4. The molecule has 36 heavy (non-hydrogen) atoms. The number of hydrogen-bond acceptors (Lipinski definition) is 4. The average molecular weight is 497 g/mol. The molecule has 2 bridgehead atoms. The third-order valence-corrected chi connectivity index (χ3v) is 9.77. The van der Waals surface area contributed by atoms with Crippen LogP contribution in [0.3, 0.4) is 0 Å². The van der Waals surface area contributed by atoms with Gasteiger partial charge in [0.2, 0.25) is 5.91 Å². The van der Waals surface area contributed by atoms with Gasteiger partial charge in [-0.1, -0.05) is 20.3 Å². The summed E-state index contributed by atoms with van der Waals surface area (Å²) in [5.41, 5.74) is 1.71. The molecule has 6 nitrogen and oxygen atoms in total. The topological polar surface area (TPSA) is 76.7 Å². The molecule has 4 aliphatic rings. The van der Waals surface area contributed by atoms with Gasteiger partial charge in [-0.25, -0.2) is 0 Å². The van der Waals surface area contributed by atoms with Crippen molar-refractivity contribution in [1.29, 1.82) is 0 Å². The number of methoxy groups -OCH3 is 1. The lowest BCUT2D eigenvalue weighted by molar-refractivity contribution is -0.128. The Morgan fingerprint density at radius 3 is 2.42 bits per heavy atom. The maximum absolute atomic E-state index is 13.6. The molecule has 4 atom stereocenters. The van der Waals surface area contributed by atoms with Gasteiger partial charge in [0.05, 0.1) is 24.7 Å². The number of rotatable bonds is 8. The SMILES string of the molecule is COc1cc(C)c(O[C@H]2CC[C@H](C)CC2)cc1C(=O)N[C@@H]1[C@H]2CC[C@H](C2)[C@@H]1C(=O)NCC1(C)CCC1. The molecule has 0 spiro atoms. The van der Waals surface area contributed by atoms with Crippen molar-refractivity contribution in [3.63, 3.8) is 0 Å². The van der Waals surface area contributed by atoms with Crippen LogP contribution in [0.2, 0.25) is 0 Å². The first-order valence-electron chi connectivity index (χ1n) is 14.2. The Kier molecular flexibility index (Phi) is 7.24. The van der Waals surface area contributed by atoms with Crippen LogP contribution >= 0.6 is 0 Å². The molecule has 0 saturated heterocycles. The molecule has 198 valence electrons. The number of nitrogens with one attached hydrogen (secondary N) is 2. The lowest BCUT2D eigenvalue weighted by Crippen LogP contribution is -2.51. The summed E-state index contributed by atoms with van der Waals surface area (Å²) in [7, 11) is 1.60. The van der Waals surface area contributed by atoms with E-state index in [2.05, 4.69) is 24.5 Å². The predicted molar refractivity (Wildman–Crippen MR) is 140 cm³/mol. The van der Waals surface area contributed by atoms with E-state index < -0.39 is 0 Å². The second-order valence-corrected chi connectivity index (χ2v) is 12.6. The zero-order chi connectivity index (χ0) is 25.4. The molecule has 1 aromatic carbocycles. The molecule has 2 amide bonds. The Morgan fingerprint density at radius 1 is 1.03 bits per heavy atom. The molecule has 0 aromatic heterocycles. The van der Waals surface area contributed by atoms with E-state index in [9.17, 15) is 9.59 Å². The summed E-state index contributed by atoms with van der Waals surface area (Å²) < 4.78 is 12.0. The Bertz CT molecular complexity index is 979. The first kappa shape index (κ1) is 25.4. The number of hydrogen-bond donors (Lipinski definition) is 2. The van der Waals surface area contributed by atoms with Crippen LogP contribution < -0.4 is 20.1 Å². The van der Waals surface area contributed by atoms with Crippen molar-refractivity contribution in [3.05, 3.63) is 23.3 Å². The van der Waals surface area contributed by atoms with Crippen LogP contribution in [0.25, 0.3) is 0 Å². The predicted octanol–water partition coefficient (Wildman–Crippen LogP) is 5.41. The van der Waals surface area contributed by atoms with Gasteiger partial charge in [0.25, 0.3) is 5.91 Å². The third kappa shape index (κ3) is 5.10. The molecule has 0 unspecified atom stereocenters. The maximum atomic E-state index is 13.6. The lowest BCUT2D eigenvalue weighted by Gasteiger charge is -2.39. The fraction of sp³-hybridized carbons (Fsp3) is 0.733. The zero-order valence-electron chi connectivity index (χ0n) is 22.5. The van der Waals surface area contributed by atoms with Crippen LogP contribution in [0.5, 0.6) is 11.5 Å². The Morgan fingerprint density at radius 2 is 1.75 bits per heavy atom. The Labute approximate surface area is 216 Å². The van der Waals surface area contributed by atoms with Gasteiger partial charge in [-0.15, -0.1) is 0 Å². The molecular weight excluding hydrogens is 452 g/mol. The highest BCUT2D eigenvalue weighted by Crippen LogP contribution is 2.49. The van der Waals surface area contributed by atoms with Crippen molar-refractivity contribution < 1.29 is 19.1 Å². The first-order valence-corrected chi connectivity index (χ1v) is 14.2. The summed E-state index contributed by atoms with van der Waals surface area (Å²) >= 11 is 0. The minimum Gasteiger partial charge on any atom is -0.496 e. The number of ether oxygens (including phenoxy) is 2. The van der Waals surface area contributed by atoms with Crippen LogP contribution in [0.4, 0.5) is 0 Å². The van der Waals surface area contributed by atoms with Gasteiger partial charge >= 0.3 is 0 Å². The monoisotopic (exact) mass is 496 g/mol. The molecule has 4 fully saturated rings. The third-order valence-electron chi connectivity index (χ3n) is 9.77. The van der Waals surface area contributed by atoms with E-state index in [-0.39, 0.29) is 35.3 Å². The van der Waals surface area contributed by atoms with E-state index in [1.807, 2.05) is 19.1 Å². The fourth-order valence-corrected chi connectivity index (χ4v) is 7.14. The first-order chi connectivity index (χ1) is 17.3. The van der Waals surface area contributed by atoms with E-state index in [0.29, 0.717) is 23.1 Å². The summed E-state index contributed by atoms with van der Waals surface area (Å²) in [6.45, 7) is 7.30. The minimum absolute atomic E-state index is 0.118. The number of carbonyl (C=O) groups excluding carboxylic acids is 2. The summed E-state index contributed by atoms with van der Waals surface area (Å²) in [5.74, 6) is 2.60. The number of aryl methyl sites for hydroxylation is 1. The summed E-state index contributed by atoms with van der Waals surface area (Å²) in [4.78, 5) is 26.9. The average Bonchev–Trinajstić information content (AvgIpc) is 3.45. The van der Waals surface area contributed by atoms with E-state index in [1.54, 1.807) is 7.11 Å². The normalized spacial score (nSPS) is 32.4. The smallest absolute Gasteiger partial charge is 0.255 e. The summed E-state index contributed by atoms with van der Waals surface area (Å²) in [6, 6.07) is 3.63. The van der Waals surface area contributed by atoms with Crippen LogP contribution in [-0.2, 0) is 4.79 Å². The summed E-state index contributed by atoms with van der Waals surface area (Å²) in [6.07, 6.45) is 11.5. The number of carbonyl (C=O) groups is 2. The van der Waals surface area contributed by atoms with Crippen molar-refractivity contribution in [2.24, 2.45) is 29.1 Å². The fourth-order valence-electron chi connectivity index (χ4n) is 7.14. The minimum atomic E-state index is -0.171. The zero-order valence-corrected chi connectivity index (χ0v) is 22.5. The molecule has 6 heteroatoms. The highest BCUT2D eigenvalue weighted by atomic mass is 16.5. The van der Waals surface area contributed by atoms with Gasteiger partial charge < -0.3 is 20.1 Å². The lowest BCUT2D eigenvalue weighted by atomic mass is 9.70. The van der Waals surface area contributed by atoms with Gasteiger partial charge in [0.1, 0.15) is 11.5 Å². The number of benzene rings is 1. The van der Waals surface area contributed by atoms with Crippen molar-refractivity contribution in [1.82, 2.24) is 10.6 Å². The van der Waals surface area contributed by atoms with E-state index >= 15 is 0 Å². The molecule has 5 rings (SSSR count). The Balaban J connectivity index is 1.30. The van der Waals surface area contributed by atoms with Gasteiger partial charge in [0, 0.05) is 12.6 Å². The highest BCUT2D eigenvalue weighted by molar-refractivity contribution is 5.98. The molecule has 1 aromatic rings. The van der Waals surface area contributed by atoms with Crippen LogP contribution in [-0.4, -0.2) is 37.6 Å². The van der Waals surface area contributed by atoms with Crippen molar-refractivity contribution in [2.45, 2.75) is 97.1 Å². The maximum Gasteiger partial charge on any atom is 0.255 e. The largest absolute Gasteiger partial charge is 0.496 e. The van der Waals surface area contributed by atoms with Gasteiger partial charge in [-0.3, -0.25) is 9.59 Å². The molecule has 0 aliphatic heterocycles. The number of amides is 2. The van der Waals surface area contributed by atoms with E-state index in [0.717, 1.165) is 55.9 Å². The van der Waals surface area contributed by atoms with Crippen LogP contribution in [0.15, 0.2) is 12.1 Å². The standard InChI is InChI=1S/C30H44N2O4/c1-18-6-10-22(11-7-18)36-24-16-23(25(35-4)14-19(24)2)28(33)32-27-21-9-8-20(15-21)26(27)29(34)31-17-30(3)12-5-13-30/h14,16,18,20-22,26-27H,5-13,15,17H2,1-4H3,(H,31,34)(H,32,33)/t18-,20-,21+,22-,26+,27-/m1/s1. The second kappa shape index (κ2) is 10.3. The molecule has 0 heterocycles. The van der Waals surface area contributed by atoms with E-state index in [4.69, 9.17) is 9.47 Å². The van der Waals surface area contributed by atoms with Crippen LogP contribution in [0.1, 0.15) is 94.0 Å². The highest BCUT2D eigenvalue weighted by Gasteiger charge is 2.51. The van der Waals surface area contributed by atoms with Crippen molar-refractivity contribution in [3.8, 4) is 11.5 Å². The second-order valence-electron chi connectivity index (χ2n) is 12.6. The Hall–Kier alpha value is -2.24. The number of fused-ring (bicyclic) bond motifs is 2. The molecule has 4 saturated carbocycles. The van der Waals surface area contributed by atoms with Gasteiger partial charge in [-0.05, 0) is 106 Å². The van der Waals surface area contributed by atoms with Crippen LogP contribution in [0, 0.1) is 36.0 Å². The molecule has 4 aliphatic carbocycles. The van der Waals surface area contributed by atoms with E-state index in [1.165, 1.54) is 32.1 Å². The van der Waals surface area contributed by atoms with Gasteiger partial charge in [0.15, 0.2) is 0 Å². The quantitative estimate of drug-likeness (QED) is 0.504. The van der Waals surface area contributed by atoms with Crippen molar-refractivity contribution >= 4 is 11.8 Å². The van der Waals surface area contributed by atoms with Crippen molar-refractivity contribution in [2.75, 3.05) is 13.7 Å².